The number of ether oxygens (including phenoxy) is 1. The number of methoxy groups -OCH3 is 1. The number of hydrogen-bond acceptors (Lipinski definition) is 10. The zero-order valence-corrected chi connectivity index (χ0v) is 33.7. The lowest BCUT2D eigenvalue weighted by Crippen LogP contribution is -2.62. The van der Waals surface area contributed by atoms with Crippen molar-refractivity contribution in [3.63, 3.8) is 0 Å². The van der Waals surface area contributed by atoms with Crippen LogP contribution in [0.4, 0.5) is 5.69 Å². The number of nitro benzene ring substituents is 1. The number of nitrogens with one attached hydrogen (secondary N) is 2. The third-order valence-electron chi connectivity index (χ3n) is 12.4. The highest BCUT2D eigenvalue weighted by Gasteiger charge is 2.57. The Kier molecular flexibility index (Phi) is 13.6. The molecule has 4 aliphatic rings. The molecule has 0 aromatic heterocycles. The van der Waals surface area contributed by atoms with Gasteiger partial charge in [-0.3, -0.25) is 24.5 Å². The summed E-state index contributed by atoms with van der Waals surface area (Å²) in [5.41, 5.74) is 2.40. The minimum Gasteiger partial charge on any atom is -0.496 e. The number of likely N-dealkylation sites (N-methyl/N-ethyl adjacent to an activating group) is 1. The maximum absolute atomic E-state index is 14.2. The summed E-state index contributed by atoms with van der Waals surface area (Å²) in [7, 11) is 5.27. The number of carbonyl (C=O) groups excluding carboxylic acids is 2. The third kappa shape index (κ3) is 8.92. The van der Waals surface area contributed by atoms with E-state index in [1.807, 2.05) is 25.1 Å². The normalized spacial score (nSPS) is 26.8. The molecule has 3 aliphatic carbocycles. The maximum atomic E-state index is 14.2. The van der Waals surface area contributed by atoms with Crippen LogP contribution in [0, 0.1) is 39.2 Å². The van der Waals surface area contributed by atoms with Crippen molar-refractivity contribution in [2.24, 2.45) is 29.1 Å². The van der Waals surface area contributed by atoms with Crippen LogP contribution in [0.25, 0.3) is 11.1 Å². The Balaban J connectivity index is 1.45. The number of rotatable bonds is 17. The predicted octanol–water partition coefficient (Wildman–Crippen LogP) is 5.28. The monoisotopic (exact) mass is 773 g/mol. The number of para-hydroxylation sites is 1. The van der Waals surface area contributed by atoms with Crippen molar-refractivity contribution in [2.75, 3.05) is 34.4 Å². The third-order valence-corrected chi connectivity index (χ3v) is 12.4. The SMILES string of the molecule is C=C/C=C(\C=C)C[C@@H](CN(C)C)NC(=O)c1cc(-c2cccc(CN3O[C@@H](CO)[C@@H]([C@H](C)O)[C@H]3C(=O)N[C@H]3C[C@@H]4C[C@H]([C@@H]3C)C4(C)C)c2OC)cc([N+](=O)[O-])c1. The van der Waals surface area contributed by atoms with E-state index >= 15 is 0 Å². The summed E-state index contributed by atoms with van der Waals surface area (Å²) in [6.07, 6.45) is 5.90. The van der Waals surface area contributed by atoms with Crippen molar-refractivity contribution < 1.29 is 34.3 Å². The average Bonchev–Trinajstić information content (AvgIpc) is 3.53. The van der Waals surface area contributed by atoms with Crippen LogP contribution in [0.5, 0.6) is 5.75 Å². The number of carbonyl (C=O) groups is 2. The molecule has 3 saturated carbocycles. The molecular formula is C43H59N5O8. The highest BCUT2D eigenvalue weighted by atomic mass is 16.7. The van der Waals surface area contributed by atoms with Crippen molar-refractivity contribution in [1.82, 2.24) is 20.6 Å². The predicted molar refractivity (Wildman–Crippen MR) is 216 cm³/mol. The second-order valence-corrected chi connectivity index (χ2v) is 16.6. The molecule has 6 rings (SSSR count). The number of nitro groups is 1. The van der Waals surface area contributed by atoms with E-state index in [2.05, 4.69) is 44.6 Å². The van der Waals surface area contributed by atoms with Crippen molar-refractivity contribution in [1.29, 1.82) is 0 Å². The van der Waals surface area contributed by atoms with E-state index in [4.69, 9.17) is 9.57 Å². The van der Waals surface area contributed by atoms with Crippen molar-refractivity contribution in [2.45, 2.75) is 83.8 Å². The van der Waals surface area contributed by atoms with Gasteiger partial charge in [0.1, 0.15) is 17.9 Å². The number of aliphatic hydroxyl groups is 2. The topological polar surface area (TPSA) is 167 Å². The van der Waals surface area contributed by atoms with Crippen LogP contribution in [0.3, 0.4) is 0 Å². The first-order valence-corrected chi connectivity index (χ1v) is 19.4. The minimum atomic E-state index is -0.967. The summed E-state index contributed by atoms with van der Waals surface area (Å²) in [5, 5.41) is 41.3. The van der Waals surface area contributed by atoms with Gasteiger partial charge in [0.25, 0.3) is 11.6 Å². The van der Waals surface area contributed by atoms with Crippen LogP contribution in [0.15, 0.2) is 73.4 Å². The van der Waals surface area contributed by atoms with Gasteiger partial charge in [-0.25, -0.2) is 0 Å². The molecule has 2 aromatic rings. The van der Waals surface area contributed by atoms with Gasteiger partial charge in [-0.05, 0) is 80.7 Å². The number of allylic oxidation sites excluding steroid dienone is 3. The lowest BCUT2D eigenvalue weighted by Gasteiger charge is -2.62. The fraction of sp³-hybridized carbons (Fsp3) is 0.535. The number of non-ortho nitro benzene ring substituents is 1. The second-order valence-electron chi connectivity index (χ2n) is 16.6. The fourth-order valence-corrected chi connectivity index (χ4v) is 9.36. The molecule has 2 amide bonds. The zero-order chi connectivity index (χ0) is 41.1. The number of hydroxylamine groups is 2. The molecule has 13 nitrogen and oxygen atoms in total. The lowest BCUT2D eigenvalue weighted by atomic mass is 9.45. The summed E-state index contributed by atoms with van der Waals surface area (Å²) in [6.45, 7) is 16.2. The van der Waals surface area contributed by atoms with Gasteiger partial charge in [-0.1, -0.05) is 70.4 Å². The molecule has 2 bridgehead atoms. The Hall–Kier alpha value is -4.40. The first-order chi connectivity index (χ1) is 26.5. The van der Waals surface area contributed by atoms with Crippen molar-refractivity contribution >= 4 is 17.5 Å². The highest BCUT2D eigenvalue weighted by molar-refractivity contribution is 5.97. The molecule has 1 heterocycles. The first-order valence-electron chi connectivity index (χ1n) is 19.4. The van der Waals surface area contributed by atoms with Gasteiger partial charge in [0.2, 0.25) is 5.91 Å². The quantitative estimate of drug-likeness (QED) is 0.0944. The molecule has 0 spiro atoms. The molecule has 9 atom stereocenters. The zero-order valence-electron chi connectivity index (χ0n) is 33.7. The molecule has 56 heavy (non-hydrogen) atoms. The molecule has 1 saturated heterocycles. The average molecular weight is 774 g/mol. The molecule has 1 aliphatic heterocycles. The number of benzene rings is 2. The summed E-state index contributed by atoms with van der Waals surface area (Å²) in [6, 6.07) is 8.27. The van der Waals surface area contributed by atoms with Gasteiger partial charge < -0.3 is 30.5 Å². The van der Waals surface area contributed by atoms with Gasteiger partial charge in [-0.15, -0.1) is 0 Å². The summed E-state index contributed by atoms with van der Waals surface area (Å²) < 4.78 is 5.94. The molecule has 304 valence electrons. The fourth-order valence-electron chi connectivity index (χ4n) is 9.36. The minimum absolute atomic E-state index is 0.0205. The van der Waals surface area contributed by atoms with E-state index in [1.165, 1.54) is 24.3 Å². The van der Waals surface area contributed by atoms with Crippen LogP contribution >= 0.6 is 0 Å². The summed E-state index contributed by atoms with van der Waals surface area (Å²) in [4.78, 5) is 47.8. The largest absolute Gasteiger partial charge is 0.496 e. The molecule has 4 fully saturated rings. The maximum Gasteiger partial charge on any atom is 0.270 e. The van der Waals surface area contributed by atoms with E-state index < -0.39 is 41.6 Å². The molecule has 0 unspecified atom stereocenters. The number of nitrogens with zero attached hydrogens (tertiary/aromatic N) is 3. The molecular weight excluding hydrogens is 714 g/mol. The van der Waals surface area contributed by atoms with Crippen LogP contribution < -0.4 is 15.4 Å². The second kappa shape index (κ2) is 17.8. The number of hydrogen-bond donors (Lipinski definition) is 4. The molecule has 0 radical (unpaired) electrons. The Labute approximate surface area is 330 Å². The van der Waals surface area contributed by atoms with Crippen LogP contribution in [0.2, 0.25) is 0 Å². The van der Waals surface area contributed by atoms with E-state index in [-0.39, 0.29) is 47.1 Å². The lowest BCUT2D eigenvalue weighted by molar-refractivity contribution is -0.384. The smallest absolute Gasteiger partial charge is 0.270 e. The van der Waals surface area contributed by atoms with Crippen LogP contribution in [0.1, 0.15) is 62.9 Å². The van der Waals surface area contributed by atoms with E-state index in [0.717, 1.165) is 18.4 Å². The Morgan fingerprint density at radius 3 is 2.52 bits per heavy atom. The van der Waals surface area contributed by atoms with Gasteiger partial charge >= 0.3 is 0 Å². The van der Waals surface area contributed by atoms with Gasteiger partial charge in [0.15, 0.2) is 0 Å². The molecule has 13 heteroatoms. The van der Waals surface area contributed by atoms with E-state index in [0.29, 0.717) is 47.2 Å². The van der Waals surface area contributed by atoms with Gasteiger partial charge in [0, 0.05) is 53.4 Å². The van der Waals surface area contributed by atoms with Crippen LogP contribution in [-0.2, 0) is 16.2 Å². The molecule has 4 N–H and O–H groups in total. The van der Waals surface area contributed by atoms with Gasteiger partial charge in [0.05, 0.1) is 31.3 Å². The number of fused-ring (bicyclic) bond motifs is 2. The van der Waals surface area contributed by atoms with E-state index in [1.54, 1.807) is 43.3 Å². The van der Waals surface area contributed by atoms with Crippen molar-refractivity contribution in [3.05, 3.63) is 94.6 Å². The van der Waals surface area contributed by atoms with Gasteiger partial charge in [-0.2, -0.15) is 5.06 Å². The number of aliphatic hydroxyl groups excluding tert-OH is 2. The molecule has 2 aromatic carbocycles. The Bertz CT molecular complexity index is 1820. The highest BCUT2D eigenvalue weighted by Crippen LogP contribution is 2.61. The number of amides is 2. The first kappa shape index (κ1) is 42.7. The Morgan fingerprint density at radius 1 is 1.21 bits per heavy atom. The summed E-state index contributed by atoms with van der Waals surface area (Å²) >= 11 is 0. The summed E-state index contributed by atoms with van der Waals surface area (Å²) in [5.74, 6) is 0.205. The van der Waals surface area contributed by atoms with Crippen LogP contribution in [-0.4, -0.2) is 102 Å². The van der Waals surface area contributed by atoms with Crippen molar-refractivity contribution in [3.8, 4) is 16.9 Å². The van der Waals surface area contributed by atoms with E-state index in [9.17, 15) is 29.9 Å². The standard InChI is InChI=1S/C43H59N5O8/c1-10-13-27(11-2)16-32(23-46(7)8)44-41(51)30-17-29(18-33(19-30)48(53)54)34-15-12-14-28(40(34)55-9)22-47-39(38(26(4)50)37(24-49)56-47)42(52)45-36-21-31-20-35(25(36)3)43(31,5)6/h10-15,17-19,25-26,31-32,35-39,49-50H,1-2,16,20-24H2,3-9H3,(H,44,51)(H,45,52)/b27-13+/t25-,26-,31-,32-,35+,36-,37-,38+,39-/m0/s1. The Morgan fingerprint density at radius 2 is 1.95 bits per heavy atom.